The van der Waals surface area contributed by atoms with Gasteiger partial charge >= 0.3 is 6.09 Å². The fourth-order valence-corrected chi connectivity index (χ4v) is 2.55. The van der Waals surface area contributed by atoms with Crippen LogP contribution in [0, 0.1) is 12.8 Å². The maximum atomic E-state index is 11.8. The topological polar surface area (TPSA) is 85.8 Å². The number of anilines is 2. The van der Waals surface area contributed by atoms with Crippen LogP contribution >= 0.6 is 0 Å². The molecule has 0 unspecified atom stereocenters. The van der Waals surface area contributed by atoms with E-state index in [0.717, 1.165) is 24.2 Å². The minimum absolute atomic E-state index is 0.0330. The lowest BCUT2D eigenvalue weighted by Crippen LogP contribution is -2.60. The van der Waals surface area contributed by atoms with Gasteiger partial charge in [-0.1, -0.05) is 6.07 Å². The van der Waals surface area contributed by atoms with Crippen LogP contribution in [-0.2, 0) is 4.79 Å². The number of carbonyl (C=O) groups is 2. The van der Waals surface area contributed by atoms with E-state index in [0.29, 0.717) is 18.9 Å². The van der Waals surface area contributed by atoms with Crippen LogP contribution < -0.4 is 10.2 Å². The Balaban J connectivity index is 1.69. The first-order valence-electron chi connectivity index (χ1n) is 7.45. The molecule has 0 aromatic carbocycles. The Bertz CT molecular complexity index is 609. The van der Waals surface area contributed by atoms with E-state index < -0.39 is 6.09 Å². The van der Waals surface area contributed by atoms with Crippen molar-refractivity contribution >= 4 is 23.6 Å². The molecular formula is C15H20N4O3. The fourth-order valence-electron chi connectivity index (χ4n) is 2.55. The molecule has 0 bridgehead atoms. The third-order valence-corrected chi connectivity index (χ3v) is 4.28. The Morgan fingerprint density at radius 1 is 1.36 bits per heavy atom. The minimum atomic E-state index is -0.889. The summed E-state index contributed by atoms with van der Waals surface area (Å²) in [5.41, 5.74) is 1.00. The van der Waals surface area contributed by atoms with Gasteiger partial charge < -0.3 is 20.2 Å². The first-order valence-corrected chi connectivity index (χ1v) is 7.45. The van der Waals surface area contributed by atoms with Crippen LogP contribution in [0.1, 0.15) is 18.4 Å². The van der Waals surface area contributed by atoms with Crippen molar-refractivity contribution in [1.29, 1.82) is 0 Å². The molecule has 2 fully saturated rings. The number of nitrogens with one attached hydrogen (secondary N) is 1. The zero-order valence-corrected chi connectivity index (χ0v) is 12.7. The van der Waals surface area contributed by atoms with Gasteiger partial charge in [-0.25, -0.2) is 9.78 Å². The molecule has 7 nitrogen and oxygen atoms in total. The van der Waals surface area contributed by atoms with Crippen LogP contribution in [0.25, 0.3) is 0 Å². The molecule has 1 aliphatic carbocycles. The molecule has 2 N–H and O–H groups in total. The summed E-state index contributed by atoms with van der Waals surface area (Å²) in [5, 5.41) is 11.8. The second kappa shape index (κ2) is 5.47. The van der Waals surface area contributed by atoms with Gasteiger partial charge in [0.1, 0.15) is 11.6 Å². The highest BCUT2D eigenvalue weighted by Crippen LogP contribution is 2.30. The van der Waals surface area contributed by atoms with Crippen molar-refractivity contribution in [3.63, 3.8) is 0 Å². The predicted molar refractivity (Wildman–Crippen MR) is 82.1 cm³/mol. The Morgan fingerprint density at radius 3 is 2.64 bits per heavy atom. The van der Waals surface area contributed by atoms with Crippen molar-refractivity contribution in [2.45, 2.75) is 25.8 Å². The molecule has 22 heavy (non-hydrogen) atoms. The van der Waals surface area contributed by atoms with Gasteiger partial charge in [0.2, 0.25) is 5.91 Å². The van der Waals surface area contributed by atoms with E-state index in [2.05, 4.69) is 10.3 Å². The van der Waals surface area contributed by atoms with Crippen molar-refractivity contribution in [3.8, 4) is 0 Å². The van der Waals surface area contributed by atoms with E-state index in [1.807, 2.05) is 24.9 Å². The number of carbonyl (C=O) groups excluding carboxylic acids is 1. The van der Waals surface area contributed by atoms with E-state index in [1.54, 1.807) is 6.07 Å². The second-order valence-corrected chi connectivity index (χ2v) is 6.05. The summed E-state index contributed by atoms with van der Waals surface area (Å²) in [6.45, 7) is 2.91. The van der Waals surface area contributed by atoms with Gasteiger partial charge in [0, 0.05) is 26.1 Å². The molecule has 3 rings (SSSR count). The Hall–Kier alpha value is -2.31. The number of rotatable bonds is 4. The van der Waals surface area contributed by atoms with Crippen molar-refractivity contribution in [1.82, 2.24) is 9.88 Å². The lowest BCUT2D eigenvalue weighted by Gasteiger charge is -2.43. The van der Waals surface area contributed by atoms with Crippen molar-refractivity contribution in [2.75, 3.05) is 30.4 Å². The van der Waals surface area contributed by atoms with Crippen LogP contribution in [0.5, 0.6) is 0 Å². The highest BCUT2D eigenvalue weighted by Gasteiger charge is 2.34. The Morgan fingerprint density at radius 2 is 2.05 bits per heavy atom. The number of pyridine rings is 1. The van der Waals surface area contributed by atoms with Gasteiger partial charge in [0.05, 0.1) is 6.04 Å². The van der Waals surface area contributed by atoms with Gasteiger partial charge in [-0.05, 0) is 31.4 Å². The van der Waals surface area contributed by atoms with Crippen molar-refractivity contribution in [2.24, 2.45) is 5.92 Å². The minimum Gasteiger partial charge on any atom is -0.465 e. The first kappa shape index (κ1) is 14.6. The summed E-state index contributed by atoms with van der Waals surface area (Å²) in [4.78, 5) is 30.5. The van der Waals surface area contributed by atoms with Crippen LogP contribution in [0.4, 0.5) is 16.4 Å². The zero-order valence-electron chi connectivity index (χ0n) is 12.7. The van der Waals surface area contributed by atoms with Gasteiger partial charge in [-0.3, -0.25) is 4.79 Å². The van der Waals surface area contributed by atoms with Crippen LogP contribution in [0.2, 0.25) is 0 Å². The number of amides is 2. The Labute approximate surface area is 128 Å². The molecule has 2 aliphatic rings. The van der Waals surface area contributed by atoms with Gasteiger partial charge in [0.15, 0.2) is 0 Å². The van der Waals surface area contributed by atoms with E-state index in [9.17, 15) is 9.59 Å². The maximum absolute atomic E-state index is 11.8. The van der Waals surface area contributed by atoms with E-state index >= 15 is 0 Å². The predicted octanol–water partition coefficient (Wildman–Crippen LogP) is 1.54. The van der Waals surface area contributed by atoms with E-state index in [-0.39, 0.29) is 17.9 Å². The van der Waals surface area contributed by atoms with Crippen molar-refractivity contribution in [3.05, 3.63) is 17.7 Å². The third-order valence-electron chi connectivity index (χ3n) is 4.28. The van der Waals surface area contributed by atoms with Gasteiger partial charge in [0.25, 0.3) is 0 Å². The number of aryl methyl sites for hydroxylation is 1. The Kier molecular flexibility index (Phi) is 3.64. The lowest BCUT2D eigenvalue weighted by molar-refractivity contribution is -0.117. The quantitative estimate of drug-likeness (QED) is 0.881. The second-order valence-electron chi connectivity index (χ2n) is 6.05. The zero-order chi connectivity index (χ0) is 15.9. The molecule has 1 saturated heterocycles. The molecule has 1 aliphatic heterocycles. The summed E-state index contributed by atoms with van der Waals surface area (Å²) in [5.74, 6) is 1.51. The summed E-state index contributed by atoms with van der Waals surface area (Å²) in [6, 6.07) is 3.85. The monoisotopic (exact) mass is 304 g/mol. The molecule has 0 spiro atoms. The molecule has 7 heteroatoms. The van der Waals surface area contributed by atoms with Crippen LogP contribution in [0.3, 0.4) is 0 Å². The van der Waals surface area contributed by atoms with Crippen LogP contribution in [-0.4, -0.2) is 53.2 Å². The van der Waals surface area contributed by atoms with Crippen molar-refractivity contribution < 1.29 is 14.7 Å². The first-order chi connectivity index (χ1) is 10.5. The van der Waals surface area contributed by atoms with Gasteiger partial charge in [-0.15, -0.1) is 0 Å². The summed E-state index contributed by atoms with van der Waals surface area (Å²) in [7, 11) is 1.91. The lowest BCUT2D eigenvalue weighted by atomic mass is 10.1. The molecule has 1 aromatic heterocycles. The molecular weight excluding hydrogens is 284 g/mol. The van der Waals surface area contributed by atoms with Gasteiger partial charge in [-0.2, -0.15) is 0 Å². The van der Waals surface area contributed by atoms with E-state index in [1.165, 1.54) is 4.90 Å². The average molecular weight is 304 g/mol. The number of hydrogen-bond donors (Lipinski definition) is 2. The number of likely N-dealkylation sites (tertiary alicyclic amines) is 1. The average Bonchev–Trinajstić information content (AvgIpc) is 3.22. The SMILES string of the molecule is Cc1ccc(NC(=O)C2CC2)nc1N(C)C1CN(C(=O)O)C1. The largest absolute Gasteiger partial charge is 0.465 e. The maximum Gasteiger partial charge on any atom is 0.407 e. The molecule has 0 radical (unpaired) electrons. The third kappa shape index (κ3) is 2.84. The standard InChI is InChI=1S/C15H20N4O3/c1-9-3-6-12(17-14(20)10-4-5-10)16-13(9)18(2)11-7-19(8-11)15(21)22/h3,6,10-11H,4-5,7-8H2,1-2H3,(H,21,22)(H,16,17,20). The summed E-state index contributed by atoms with van der Waals surface area (Å²) >= 11 is 0. The molecule has 1 saturated carbocycles. The molecule has 118 valence electrons. The number of nitrogens with zero attached hydrogens (tertiary/aromatic N) is 3. The molecule has 0 atom stereocenters. The van der Waals surface area contributed by atoms with Crippen LogP contribution in [0.15, 0.2) is 12.1 Å². The van der Waals surface area contributed by atoms with E-state index in [4.69, 9.17) is 5.11 Å². The highest BCUT2D eigenvalue weighted by atomic mass is 16.4. The normalized spacial score (nSPS) is 17.8. The number of likely N-dealkylation sites (N-methyl/N-ethyl adjacent to an activating group) is 1. The number of carboxylic acid groups (broad SMARTS) is 1. The highest BCUT2D eigenvalue weighted by molar-refractivity contribution is 5.93. The summed E-state index contributed by atoms with van der Waals surface area (Å²) < 4.78 is 0. The molecule has 2 amide bonds. The molecule has 1 aromatic rings. The molecule has 2 heterocycles. The number of aromatic nitrogens is 1. The smallest absolute Gasteiger partial charge is 0.407 e. The number of hydrogen-bond acceptors (Lipinski definition) is 4. The summed E-state index contributed by atoms with van der Waals surface area (Å²) in [6.07, 6.45) is 1.02. The fraction of sp³-hybridized carbons (Fsp3) is 0.533.